The van der Waals surface area contributed by atoms with Crippen LogP contribution in [0.1, 0.15) is 36.7 Å². The van der Waals surface area contributed by atoms with Gasteiger partial charge in [-0.1, -0.05) is 0 Å². The average molecular weight is 193 g/mol. The van der Waals surface area contributed by atoms with Crippen molar-refractivity contribution in [2.45, 2.75) is 43.9 Å². The molecule has 4 nitrogen and oxygen atoms in total. The Morgan fingerprint density at radius 2 is 2.50 bits per heavy atom. The molecule has 76 valence electrons. The second-order valence-electron chi connectivity index (χ2n) is 4.21. The highest BCUT2D eigenvalue weighted by Gasteiger charge is 2.42. The first-order valence-corrected chi connectivity index (χ1v) is 5.26. The molecule has 1 aromatic heterocycles. The van der Waals surface area contributed by atoms with Crippen LogP contribution in [0.25, 0.3) is 0 Å². The Kier molecular flexibility index (Phi) is 1.85. The molecule has 2 aliphatic rings. The second kappa shape index (κ2) is 3.07. The molecule has 3 heterocycles. The van der Waals surface area contributed by atoms with Crippen LogP contribution in [-0.4, -0.2) is 22.2 Å². The number of nitrogens with one attached hydrogen (secondary N) is 1. The first-order chi connectivity index (χ1) is 6.86. The zero-order chi connectivity index (χ0) is 9.54. The smallest absolute Gasteiger partial charge is 0.112 e. The quantitative estimate of drug-likeness (QED) is 0.733. The van der Waals surface area contributed by atoms with Crippen LogP contribution in [0.2, 0.25) is 0 Å². The summed E-state index contributed by atoms with van der Waals surface area (Å²) in [6.45, 7) is 0.536. The molecule has 2 aliphatic heterocycles. The maximum absolute atomic E-state index is 5.79. The van der Waals surface area contributed by atoms with Gasteiger partial charge in [0.05, 0.1) is 12.2 Å². The van der Waals surface area contributed by atoms with Crippen LogP contribution in [0, 0.1) is 0 Å². The number of H-pyrrole nitrogens is 1. The van der Waals surface area contributed by atoms with Gasteiger partial charge in [0, 0.05) is 24.4 Å². The molecular formula is C10H15N3O. The lowest BCUT2D eigenvalue weighted by atomic mass is 9.89. The largest absolute Gasteiger partial charge is 0.374 e. The molecule has 3 N–H and O–H groups in total. The predicted molar refractivity (Wildman–Crippen MR) is 51.7 cm³/mol. The molecule has 14 heavy (non-hydrogen) atoms. The van der Waals surface area contributed by atoms with Crippen LogP contribution >= 0.6 is 0 Å². The fourth-order valence-corrected chi connectivity index (χ4v) is 2.59. The highest BCUT2D eigenvalue weighted by Crippen LogP contribution is 2.43. The van der Waals surface area contributed by atoms with E-state index < -0.39 is 0 Å². The number of ether oxygens (including phenoxy) is 1. The van der Waals surface area contributed by atoms with Gasteiger partial charge in [-0.3, -0.25) is 0 Å². The second-order valence-corrected chi connectivity index (χ2v) is 4.21. The van der Waals surface area contributed by atoms with Gasteiger partial charge in [0.25, 0.3) is 0 Å². The summed E-state index contributed by atoms with van der Waals surface area (Å²) >= 11 is 0. The van der Waals surface area contributed by atoms with Gasteiger partial charge in [0.1, 0.15) is 5.82 Å². The molecule has 4 heteroatoms. The number of nitrogens with zero attached hydrogens (tertiary/aromatic N) is 1. The lowest BCUT2D eigenvalue weighted by Gasteiger charge is -2.15. The third-order valence-electron chi connectivity index (χ3n) is 3.33. The average Bonchev–Trinajstić information content (AvgIpc) is 2.93. The highest BCUT2D eigenvalue weighted by atomic mass is 16.5. The molecule has 3 rings (SSSR count). The molecule has 0 radical (unpaired) electrons. The van der Waals surface area contributed by atoms with Crippen molar-refractivity contribution < 1.29 is 4.74 Å². The Bertz CT molecular complexity index is 336. The molecule has 2 fully saturated rings. The van der Waals surface area contributed by atoms with E-state index in [1.54, 1.807) is 0 Å². The van der Waals surface area contributed by atoms with Gasteiger partial charge in [0.2, 0.25) is 0 Å². The predicted octanol–water partition coefficient (Wildman–Crippen LogP) is 0.903. The van der Waals surface area contributed by atoms with E-state index in [9.17, 15) is 0 Å². The van der Waals surface area contributed by atoms with Crippen LogP contribution in [0.15, 0.2) is 6.20 Å². The van der Waals surface area contributed by atoms with Crippen LogP contribution in [0.5, 0.6) is 0 Å². The summed E-state index contributed by atoms with van der Waals surface area (Å²) in [4.78, 5) is 7.65. The summed E-state index contributed by atoms with van der Waals surface area (Å²) in [7, 11) is 0. The van der Waals surface area contributed by atoms with E-state index >= 15 is 0 Å². The van der Waals surface area contributed by atoms with Gasteiger partial charge >= 0.3 is 0 Å². The summed E-state index contributed by atoms with van der Waals surface area (Å²) in [5.41, 5.74) is 6.55. The van der Waals surface area contributed by atoms with Crippen LogP contribution in [-0.2, 0) is 11.3 Å². The topological polar surface area (TPSA) is 63.9 Å². The monoisotopic (exact) mass is 193 g/mol. The highest BCUT2D eigenvalue weighted by molar-refractivity contribution is 5.11. The van der Waals surface area contributed by atoms with Crippen molar-refractivity contribution in [2.75, 3.05) is 0 Å². The van der Waals surface area contributed by atoms with Gasteiger partial charge in [-0.05, 0) is 19.3 Å². The van der Waals surface area contributed by atoms with Gasteiger partial charge in [-0.2, -0.15) is 0 Å². The molecule has 2 saturated heterocycles. The summed E-state index contributed by atoms with van der Waals surface area (Å²) in [6, 6.07) is 0. The first kappa shape index (κ1) is 8.44. The molecule has 0 spiro atoms. The summed E-state index contributed by atoms with van der Waals surface area (Å²) in [5.74, 6) is 1.55. The van der Waals surface area contributed by atoms with Crippen molar-refractivity contribution in [3.63, 3.8) is 0 Å². The van der Waals surface area contributed by atoms with Crippen molar-refractivity contribution in [1.29, 1.82) is 0 Å². The Balaban J connectivity index is 1.82. The van der Waals surface area contributed by atoms with Crippen molar-refractivity contribution >= 4 is 0 Å². The minimum atomic E-state index is 0.400. The number of nitrogens with two attached hydrogens (primary N) is 1. The van der Waals surface area contributed by atoms with E-state index in [1.165, 1.54) is 12.8 Å². The van der Waals surface area contributed by atoms with E-state index in [0.29, 0.717) is 24.7 Å². The lowest BCUT2D eigenvalue weighted by Crippen LogP contribution is -2.15. The molecule has 0 aromatic carbocycles. The van der Waals surface area contributed by atoms with Crippen molar-refractivity contribution in [3.8, 4) is 0 Å². The van der Waals surface area contributed by atoms with E-state index in [-0.39, 0.29) is 0 Å². The molecule has 0 aliphatic carbocycles. The zero-order valence-electron chi connectivity index (χ0n) is 8.07. The van der Waals surface area contributed by atoms with Gasteiger partial charge < -0.3 is 15.5 Å². The molecule has 0 saturated carbocycles. The fraction of sp³-hybridized carbons (Fsp3) is 0.700. The van der Waals surface area contributed by atoms with Crippen LogP contribution in [0.4, 0.5) is 0 Å². The standard InChI is InChI=1S/C10H15N3O/c11-4-6-5-12-10(13-6)8-3-7-1-2-9(8)14-7/h5,7-9H,1-4,11H2,(H,12,13). The summed E-state index contributed by atoms with van der Waals surface area (Å²) in [5, 5.41) is 0. The molecule has 3 atom stereocenters. The number of hydrogen-bond donors (Lipinski definition) is 2. The Morgan fingerprint density at radius 1 is 1.57 bits per heavy atom. The van der Waals surface area contributed by atoms with E-state index in [1.807, 2.05) is 6.20 Å². The van der Waals surface area contributed by atoms with Gasteiger partial charge in [-0.25, -0.2) is 4.98 Å². The van der Waals surface area contributed by atoms with E-state index in [4.69, 9.17) is 10.5 Å². The lowest BCUT2D eigenvalue weighted by molar-refractivity contribution is 0.0999. The third-order valence-corrected chi connectivity index (χ3v) is 3.33. The number of aromatic amines is 1. The van der Waals surface area contributed by atoms with Crippen LogP contribution < -0.4 is 5.73 Å². The van der Waals surface area contributed by atoms with Gasteiger partial charge in [-0.15, -0.1) is 0 Å². The zero-order valence-corrected chi connectivity index (χ0v) is 8.07. The summed E-state index contributed by atoms with van der Waals surface area (Å²) in [6.07, 6.45) is 6.26. The molecule has 1 aromatic rings. The fourth-order valence-electron chi connectivity index (χ4n) is 2.59. The molecule has 2 bridgehead atoms. The summed E-state index contributed by atoms with van der Waals surface area (Å²) < 4.78 is 5.79. The SMILES string of the molecule is NCc1cnc(C2CC3CCC2O3)[nH]1. The number of aromatic nitrogens is 2. The minimum absolute atomic E-state index is 0.400. The molecule has 3 unspecified atom stereocenters. The third kappa shape index (κ3) is 1.18. The Hall–Kier alpha value is -0.870. The molecular weight excluding hydrogens is 178 g/mol. The minimum Gasteiger partial charge on any atom is -0.374 e. The van der Waals surface area contributed by atoms with Crippen LogP contribution in [0.3, 0.4) is 0 Å². The maximum Gasteiger partial charge on any atom is 0.112 e. The van der Waals surface area contributed by atoms with Crippen molar-refractivity contribution in [2.24, 2.45) is 5.73 Å². The normalized spacial score (nSPS) is 35.4. The van der Waals surface area contributed by atoms with E-state index in [2.05, 4.69) is 9.97 Å². The molecule has 0 amide bonds. The van der Waals surface area contributed by atoms with E-state index in [0.717, 1.165) is 17.9 Å². The van der Waals surface area contributed by atoms with Gasteiger partial charge in [0.15, 0.2) is 0 Å². The number of hydrogen-bond acceptors (Lipinski definition) is 3. The first-order valence-electron chi connectivity index (χ1n) is 5.26. The Labute approximate surface area is 82.9 Å². The number of fused-ring (bicyclic) bond motifs is 2. The number of rotatable bonds is 2. The maximum atomic E-state index is 5.79. The van der Waals surface area contributed by atoms with Crippen molar-refractivity contribution in [3.05, 3.63) is 17.7 Å². The Morgan fingerprint density at radius 3 is 3.07 bits per heavy atom. The number of imidazole rings is 1. The van der Waals surface area contributed by atoms with Crippen molar-refractivity contribution in [1.82, 2.24) is 9.97 Å².